The molecule has 28 heavy (non-hydrogen) atoms. The van der Waals surface area contributed by atoms with Gasteiger partial charge in [0.1, 0.15) is 11.6 Å². The van der Waals surface area contributed by atoms with E-state index in [4.69, 9.17) is 26.2 Å². The van der Waals surface area contributed by atoms with Crippen LogP contribution in [-0.4, -0.2) is 30.2 Å². The van der Waals surface area contributed by atoms with Crippen molar-refractivity contribution < 1.29 is 24.2 Å². The van der Waals surface area contributed by atoms with Crippen LogP contribution in [0.3, 0.4) is 0 Å². The Morgan fingerprint density at radius 2 is 1.96 bits per heavy atom. The van der Waals surface area contributed by atoms with Crippen LogP contribution in [0.25, 0.3) is 6.08 Å². The van der Waals surface area contributed by atoms with E-state index in [9.17, 15) is 14.9 Å². The standard InChI is InChI=1S/C20H17ClN2O5/c1-12(20(25)26)28-17-8-7-13(10-18(17)27-2)9-14(11-22)19(24)23-16-6-4-3-5-15(16)21/h3-10,12H,1-2H3,(H,23,24)(H,25,26)/b14-9-/t12-/m1/s1. The molecule has 0 radical (unpaired) electrons. The van der Waals surface area contributed by atoms with Crippen molar-refractivity contribution in [1.29, 1.82) is 5.26 Å². The average Bonchev–Trinajstić information content (AvgIpc) is 2.68. The first-order valence-corrected chi connectivity index (χ1v) is 8.48. The summed E-state index contributed by atoms with van der Waals surface area (Å²) < 4.78 is 10.5. The number of carboxylic acid groups (broad SMARTS) is 1. The Balaban J connectivity index is 2.26. The number of rotatable bonds is 7. The number of ether oxygens (including phenoxy) is 2. The molecule has 144 valence electrons. The van der Waals surface area contributed by atoms with Gasteiger partial charge >= 0.3 is 5.97 Å². The highest BCUT2D eigenvalue weighted by Crippen LogP contribution is 2.30. The third-order valence-electron chi connectivity index (χ3n) is 3.64. The predicted molar refractivity (Wildman–Crippen MR) is 104 cm³/mol. The molecule has 0 fully saturated rings. The van der Waals surface area contributed by atoms with Gasteiger partial charge in [-0.05, 0) is 42.8 Å². The average molecular weight is 401 g/mol. The number of nitrogens with one attached hydrogen (secondary N) is 1. The summed E-state index contributed by atoms with van der Waals surface area (Å²) in [5.41, 5.74) is 0.742. The maximum absolute atomic E-state index is 12.4. The zero-order valence-electron chi connectivity index (χ0n) is 15.1. The molecular formula is C20H17ClN2O5. The number of nitrogens with zero attached hydrogens (tertiary/aromatic N) is 1. The van der Waals surface area contributed by atoms with E-state index in [1.807, 2.05) is 6.07 Å². The zero-order chi connectivity index (χ0) is 20.7. The van der Waals surface area contributed by atoms with Crippen LogP contribution in [0.5, 0.6) is 11.5 Å². The van der Waals surface area contributed by atoms with Gasteiger partial charge in [0.2, 0.25) is 0 Å². The molecule has 0 aliphatic heterocycles. The molecule has 0 saturated carbocycles. The number of methoxy groups -OCH3 is 1. The van der Waals surface area contributed by atoms with E-state index < -0.39 is 18.0 Å². The van der Waals surface area contributed by atoms with Crippen LogP contribution in [0, 0.1) is 11.3 Å². The second kappa shape index (κ2) is 9.44. The number of carboxylic acids is 1. The van der Waals surface area contributed by atoms with Gasteiger partial charge in [-0.3, -0.25) is 4.79 Å². The fourth-order valence-corrected chi connectivity index (χ4v) is 2.36. The number of amides is 1. The Bertz CT molecular complexity index is 965. The third-order valence-corrected chi connectivity index (χ3v) is 3.97. The van der Waals surface area contributed by atoms with Crippen LogP contribution in [0.4, 0.5) is 5.69 Å². The second-order valence-corrected chi connectivity index (χ2v) is 6.02. The van der Waals surface area contributed by atoms with Gasteiger partial charge in [-0.15, -0.1) is 0 Å². The summed E-state index contributed by atoms with van der Waals surface area (Å²) in [7, 11) is 1.40. The summed E-state index contributed by atoms with van der Waals surface area (Å²) in [6.07, 6.45) is 0.311. The lowest BCUT2D eigenvalue weighted by molar-refractivity contribution is -0.144. The molecule has 2 aromatic carbocycles. The molecule has 0 bridgehead atoms. The number of aliphatic carboxylic acids is 1. The molecule has 2 aromatic rings. The molecule has 0 heterocycles. The highest BCUT2D eigenvalue weighted by molar-refractivity contribution is 6.34. The number of carbonyl (C=O) groups excluding carboxylic acids is 1. The fraction of sp³-hybridized carbons (Fsp3) is 0.150. The van der Waals surface area contributed by atoms with Crippen molar-refractivity contribution in [3.8, 4) is 17.6 Å². The number of benzene rings is 2. The Kier molecular flexibility index (Phi) is 7.02. The summed E-state index contributed by atoms with van der Waals surface area (Å²) in [5.74, 6) is -1.23. The summed E-state index contributed by atoms with van der Waals surface area (Å²) in [6, 6.07) is 13.1. The van der Waals surface area contributed by atoms with Crippen molar-refractivity contribution in [1.82, 2.24) is 0 Å². The largest absolute Gasteiger partial charge is 0.493 e. The smallest absolute Gasteiger partial charge is 0.344 e. The number of para-hydroxylation sites is 1. The van der Waals surface area contributed by atoms with Crippen LogP contribution < -0.4 is 14.8 Å². The number of halogens is 1. The zero-order valence-corrected chi connectivity index (χ0v) is 15.9. The quantitative estimate of drug-likeness (QED) is 0.541. The van der Waals surface area contributed by atoms with Gasteiger partial charge in [-0.2, -0.15) is 5.26 Å². The summed E-state index contributed by atoms with van der Waals surface area (Å²) in [4.78, 5) is 23.3. The van der Waals surface area contributed by atoms with E-state index in [0.29, 0.717) is 16.3 Å². The molecule has 0 aliphatic carbocycles. The minimum atomic E-state index is -1.12. The van der Waals surface area contributed by atoms with Crippen molar-refractivity contribution in [2.75, 3.05) is 12.4 Å². The van der Waals surface area contributed by atoms with Crippen molar-refractivity contribution in [2.45, 2.75) is 13.0 Å². The third kappa shape index (κ3) is 5.25. The van der Waals surface area contributed by atoms with Crippen LogP contribution in [0.2, 0.25) is 5.02 Å². The minimum Gasteiger partial charge on any atom is -0.493 e. The molecule has 0 unspecified atom stereocenters. The van der Waals surface area contributed by atoms with Crippen LogP contribution in [0.15, 0.2) is 48.0 Å². The molecule has 0 saturated heterocycles. The first kappa shape index (κ1) is 20.8. The Labute approximate surface area is 166 Å². The van der Waals surface area contributed by atoms with E-state index in [1.165, 1.54) is 32.2 Å². The molecule has 1 atom stereocenters. The SMILES string of the molecule is COc1cc(/C=C(/C#N)C(=O)Nc2ccccc2Cl)ccc1O[C@H](C)C(=O)O. The molecule has 1 amide bonds. The van der Waals surface area contributed by atoms with Gasteiger partial charge in [0, 0.05) is 0 Å². The van der Waals surface area contributed by atoms with Gasteiger partial charge in [0.15, 0.2) is 17.6 Å². The summed E-state index contributed by atoms with van der Waals surface area (Å²) >= 11 is 6.01. The number of hydrogen-bond donors (Lipinski definition) is 2. The Morgan fingerprint density at radius 1 is 1.25 bits per heavy atom. The van der Waals surface area contributed by atoms with Crippen molar-refractivity contribution in [2.24, 2.45) is 0 Å². The summed E-state index contributed by atoms with van der Waals surface area (Å²) in [5, 5.41) is 21.2. The molecular weight excluding hydrogens is 384 g/mol. The highest BCUT2D eigenvalue weighted by Gasteiger charge is 2.16. The maximum Gasteiger partial charge on any atom is 0.344 e. The van der Waals surface area contributed by atoms with Crippen molar-refractivity contribution >= 4 is 35.2 Å². The molecule has 0 aromatic heterocycles. The summed E-state index contributed by atoms with van der Waals surface area (Å²) in [6.45, 7) is 1.39. The van der Waals surface area contributed by atoms with Gasteiger partial charge in [-0.25, -0.2) is 4.79 Å². The molecule has 7 nitrogen and oxygen atoms in total. The van der Waals surface area contributed by atoms with E-state index >= 15 is 0 Å². The van der Waals surface area contributed by atoms with Crippen LogP contribution in [0.1, 0.15) is 12.5 Å². The Morgan fingerprint density at radius 3 is 2.57 bits per heavy atom. The second-order valence-electron chi connectivity index (χ2n) is 5.61. The first-order valence-electron chi connectivity index (χ1n) is 8.11. The molecule has 8 heteroatoms. The molecule has 2 N–H and O–H groups in total. The lowest BCUT2D eigenvalue weighted by Crippen LogP contribution is -2.23. The molecule has 0 spiro atoms. The Hall–Kier alpha value is -3.50. The van der Waals surface area contributed by atoms with Gasteiger partial charge < -0.3 is 19.9 Å². The van der Waals surface area contributed by atoms with E-state index in [1.54, 1.807) is 30.3 Å². The van der Waals surface area contributed by atoms with Gasteiger partial charge in [0.25, 0.3) is 5.91 Å². The normalized spacial score (nSPS) is 11.9. The number of anilines is 1. The lowest BCUT2D eigenvalue weighted by atomic mass is 10.1. The highest BCUT2D eigenvalue weighted by atomic mass is 35.5. The van der Waals surface area contributed by atoms with Crippen LogP contribution in [-0.2, 0) is 9.59 Å². The first-order chi connectivity index (χ1) is 13.3. The van der Waals surface area contributed by atoms with Crippen LogP contribution >= 0.6 is 11.6 Å². The predicted octanol–water partition coefficient (Wildman–Crippen LogP) is 3.75. The minimum absolute atomic E-state index is 0.144. The molecule has 2 rings (SSSR count). The van der Waals surface area contributed by atoms with E-state index in [0.717, 1.165) is 0 Å². The number of nitriles is 1. The van der Waals surface area contributed by atoms with Gasteiger partial charge in [-0.1, -0.05) is 29.8 Å². The monoisotopic (exact) mass is 400 g/mol. The topological polar surface area (TPSA) is 109 Å². The van der Waals surface area contributed by atoms with Crippen molar-refractivity contribution in [3.63, 3.8) is 0 Å². The van der Waals surface area contributed by atoms with E-state index in [-0.39, 0.29) is 17.1 Å². The van der Waals surface area contributed by atoms with E-state index in [2.05, 4.69) is 5.32 Å². The van der Waals surface area contributed by atoms with Crippen molar-refractivity contribution in [3.05, 3.63) is 58.6 Å². The molecule has 0 aliphatic rings. The lowest BCUT2D eigenvalue weighted by Gasteiger charge is -2.14. The fourth-order valence-electron chi connectivity index (χ4n) is 2.18. The number of carbonyl (C=O) groups is 2. The van der Waals surface area contributed by atoms with Gasteiger partial charge in [0.05, 0.1) is 17.8 Å². The number of hydrogen-bond acceptors (Lipinski definition) is 5. The maximum atomic E-state index is 12.4.